The van der Waals surface area contributed by atoms with Gasteiger partial charge >= 0.3 is 6.03 Å². The first-order valence-electron chi connectivity index (χ1n) is 11.3. The number of carbonyl (C=O) groups is 1. The van der Waals surface area contributed by atoms with Crippen molar-refractivity contribution >= 4 is 23.3 Å². The number of nitrogens with one attached hydrogen (secondary N) is 2. The maximum absolute atomic E-state index is 12.7. The summed E-state index contributed by atoms with van der Waals surface area (Å²) in [5, 5.41) is 17.9. The molecule has 0 spiro atoms. The van der Waals surface area contributed by atoms with Gasteiger partial charge in [0.25, 0.3) is 0 Å². The summed E-state index contributed by atoms with van der Waals surface area (Å²) in [6.07, 6.45) is 2.63. The molecular weight excluding hydrogens is 404 g/mol. The lowest BCUT2D eigenvalue weighted by Gasteiger charge is -2.51. The fourth-order valence-corrected chi connectivity index (χ4v) is 8.68. The molecule has 0 aliphatic heterocycles. The lowest BCUT2D eigenvalue weighted by atomic mass is 9.56. The smallest absolute Gasteiger partial charge is 0.319 e. The zero-order chi connectivity index (χ0) is 20.6. The second-order valence-electron chi connectivity index (χ2n) is 9.79. The highest BCUT2D eigenvalue weighted by Gasteiger charge is 2.84. The molecule has 5 saturated carbocycles. The number of rotatable bonds is 8. The van der Waals surface area contributed by atoms with Crippen molar-refractivity contribution in [2.24, 2.45) is 47.3 Å². The summed E-state index contributed by atoms with van der Waals surface area (Å²) in [5.74, 6) is 5.76. The Morgan fingerprint density at radius 2 is 1.97 bits per heavy atom. The third-order valence-corrected chi connectivity index (χ3v) is 9.24. The van der Waals surface area contributed by atoms with Gasteiger partial charge in [0.1, 0.15) is 6.61 Å². The number of hydrogen-bond donors (Lipinski definition) is 3. The highest BCUT2D eigenvalue weighted by molar-refractivity contribution is 6.32. The number of ether oxygens (including phenoxy) is 2. The van der Waals surface area contributed by atoms with Gasteiger partial charge in [-0.25, -0.2) is 4.79 Å². The summed E-state index contributed by atoms with van der Waals surface area (Å²) in [6.45, 7) is 3.68. The highest BCUT2D eigenvalue weighted by atomic mass is 35.5. The van der Waals surface area contributed by atoms with Gasteiger partial charge in [-0.15, -0.1) is 0 Å². The van der Waals surface area contributed by atoms with E-state index in [0.717, 1.165) is 17.8 Å². The first-order chi connectivity index (χ1) is 14.5. The molecule has 2 amide bonds. The topological polar surface area (TPSA) is 79.8 Å². The lowest BCUT2D eigenvalue weighted by Crippen LogP contribution is -2.59. The Morgan fingerprint density at radius 3 is 2.80 bits per heavy atom. The molecule has 0 aromatic heterocycles. The first kappa shape index (κ1) is 19.2. The van der Waals surface area contributed by atoms with Gasteiger partial charge in [0.15, 0.2) is 5.75 Å². The van der Waals surface area contributed by atoms with Crippen LogP contribution in [-0.4, -0.2) is 43.1 Å². The van der Waals surface area contributed by atoms with Crippen molar-refractivity contribution in [3.63, 3.8) is 0 Å². The summed E-state index contributed by atoms with van der Waals surface area (Å²) < 4.78 is 11.0. The number of benzene rings is 1. The normalized spacial score (nSPS) is 43.2. The van der Waals surface area contributed by atoms with Gasteiger partial charge in [-0.05, 0) is 79.2 Å². The van der Waals surface area contributed by atoms with Gasteiger partial charge in [0, 0.05) is 13.2 Å². The molecule has 0 heterocycles. The van der Waals surface area contributed by atoms with E-state index in [1.807, 2.05) is 6.92 Å². The predicted molar refractivity (Wildman–Crippen MR) is 113 cm³/mol. The summed E-state index contributed by atoms with van der Waals surface area (Å²) in [6, 6.07) is 4.93. The van der Waals surface area contributed by atoms with Crippen LogP contribution in [-0.2, 0) is 4.74 Å². The van der Waals surface area contributed by atoms with Gasteiger partial charge in [-0.3, -0.25) is 0 Å². The average molecular weight is 433 g/mol. The number of carbonyl (C=O) groups excluding carboxylic acids is 1. The van der Waals surface area contributed by atoms with Gasteiger partial charge < -0.3 is 25.2 Å². The molecule has 162 valence electrons. The van der Waals surface area contributed by atoms with E-state index in [1.165, 1.54) is 12.8 Å². The van der Waals surface area contributed by atoms with E-state index < -0.39 is 5.60 Å². The van der Waals surface area contributed by atoms with Crippen LogP contribution >= 0.6 is 11.6 Å². The third kappa shape index (κ3) is 2.41. The summed E-state index contributed by atoms with van der Waals surface area (Å²) in [7, 11) is 0. The number of anilines is 1. The third-order valence-electron chi connectivity index (χ3n) is 8.94. The molecule has 0 radical (unpaired) electrons. The average Bonchev–Trinajstić information content (AvgIpc) is 3.24. The van der Waals surface area contributed by atoms with Crippen LogP contribution in [0, 0.1) is 47.3 Å². The van der Waals surface area contributed by atoms with E-state index >= 15 is 0 Å². The summed E-state index contributed by atoms with van der Waals surface area (Å²) >= 11 is 6.28. The van der Waals surface area contributed by atoms with Crippen molar-refractivity contribution in [3.8, 4) is 5.75 Å². The molecule has 1 aromatic carbocycles. The van der Waals surface area contributed by atoms with Crippen molar-refractivity contribution in [2.45, 2.75) is 25.4 Å². The zero-order valence-corrected chi connectivity index (χ0v) is 17.9. The lowest BCUT2D eigenvalue weighted by molar-refractivity contribution is -0.126. The standard InChI is InChI=1S/C23H29ClN2O4/c1-2-29-6-7-30-21-15(24)4-3-5-16(21)26-22(27)25-10-23(28)19-12-9-13-17-11(12)8-14(19)18(17)20(13)23/h3-5,11-14,17-20,28H,2,6-10H2,1H3,(H2,25,26,27). The van der Waals surface area contributed by atoms with Crippen LogP contribution in [0.25, 0.3) is 0 Å². The molecule has 6 rings (SSSR count). The van der Waals surface area contributed by atoms with Crippen LogP contribution in [0.3, 0.4) is 0 Å². The summed E-state index contributed by atoms with van der Waals surface area (Å²) in [4.78, 5) is 12.7. The van der Waals surface area contributed by atoms with E-state index in [2.05, 4.69) is 10.6 Å². The van der Waals surface area contributed by atoms with Gasteiger partial charge in [-0.2, -0.15) is 0 Å². The number of urea groups is 1. The first-order valence-corrected chi connectivity index (χ1v) is 11.7. The Bertz CT molecular complexity index is 875. The molecule has 5 aliphatic carbocycles. The van der Waals surface area contributed by atoms with E-state index in [4.69, 9.17) is 21.1 Å². The van der Waals surface area contributed by atoms with Crippen LogP contribution < -0.4 is 15.4 Å². The molecule has 6 nitrogen and oxygen atoms in total. The molecule has 0 saturated heterocycles. The zero-order valence-electron chi connectivity index (χ0n) is 17.1. The molecular formula is C23H29ClN2O4. The van der Waals surface area contributed by atoms with Crippen molar-refractivity contribution < 1.29 is 19.4 Å². The molecule has 9 atom stereocenters. The molecule has 1 aromatic rings. The largest absolute Gasteiger partial charge is 0.487 e. The maximum atomic E-state index is 12.7. The van der Waals surface area contributed by atoms with E-state index in [-0.39, 0.29) is 6.03 Å². The van der Waals surface area contributed by atoms with Gasteiger partial charge in [0.2, 0.25) is 0 Å². The Hall–Kier alpha value is -1.50. The molecule has 5 aliphatic rings. The monoisotopic (exact) mass is 432 g/mol. The van der Waals surface area contributed by atoms with E-state index in [9.17, 15) is 9.90 Å². The molecule has 2 bridgehead atoms. The molecule has 3 N–H and O–H groups in total. The van der Waals surface area contributed by atoms with Crippen LogP contribution in [0.1, 0.15) is 19.8 Å². The predicted octanol–water partition coefficient (Wildman–Crippen LogP) is 3.39. The number of hydrogen-bond acceptors (Lipinski definition) is 4. The fourth-order valence-electron chi connectivity index (χ4n) is 8.45. The van der Waals surface area contributed by atoms with Crippen LogP contribution in [0.15, 0.2) is 18.2 Å². The Kier molecular flexibility index (Phi) is 4.32. The Balaban J connectivity index is 1.11. The van der Waals surface area contributed by atoms with Crippen molar-refractivity contribution in [1.29, 1.82) is 0 Å². The highest BCUT2D eigenvalue weighted by Crippen LogP contribution is 2.85. The Labute approximate surface area is 181 Å². The number of amides is 2. The SMILES string of the molecule is CCOCCOc1c(Cl)cccc1NC(=O)NCC1(O)C2C3CC4C5C3CC2C5C41. The van der Waals surface area contributed by atoms with Crippen molar-refractivity contribution in [2.75, 3.05) is 31.7 Å². The maximum Gasteiger partial charge on any atom is 0.319 e. The number of halogens is 1. The van der Waals surface area contributed by atoms with E-state index in [1.54, 1.807) is 18.2 Å². The van der Waals surface area contributed by atoms with E-state index in [0.29, 0.717) is 72.4 Å². The Morgan fingerprint density at radius 1 is 1.17 bits per heavy atom. The molecule has 30 heavy (non-hydrogen) atoms. The van der Waals surface area contributed by atoms with Crippen LogP contribution in [0.5, 0.6) is 5.75 Å². The molecule has 5 fully saturated rings. The van der Waals surface area contributed by atoms with Crippen LogP contribution in [0.4, 0.5) is 10.5 Å². The van der Waals surface area contributed by atoms with Crippen LogP contribution in [0.2, 0.25) is 5.02 Å². The quantitative estimate of drug-likeness (QED) is 0.550. The minimum absolute atomic E-state index is 0.328. The second kappa shape index (κ2) is 6.75. The second-order valence-corrected chi connectivity index (χ2v) is 10.2. The minimum atomic E-state index is -0.729. The summed E-state index contributed by atoms with van der Waals surface area (Å²) in [5.41, 5.74) is -0.213. The van der Waals surface area contributed by atoms with Crippen molar-refractivity contribution in [3.05, 3.63) is 23.2 Å². The van der Waals surface area contributed by atoms with Gasteiger partial charge in [0.05, 0.1) is 22.9 Å². The minimum Gasteiger partial charge on any atom is -0.487 e. The molecule has 9 unspecified atom stereocenters. The number of aliphatic hydroxyl groups is 1. The van der Waals surface area contributed by atoms with Gasteiger partial charge in [-0.1, -0.05) is 17.7 Å². The number of fused-ring (bicyclic) bond motifs is 2. The van der Waals surface area contributed by atoms with Crippen molar-refractivity contribution in [1.82, 2.24) is 5.32 Å². The number of para-hydroxylation sites is 1. The fraction of sp³-hybridized carbons (Fsp3) is 0.696. The molecule has 7 heteroatoms.